The minimum atomic E-state index is -1.12. The van der Waals surface area contributed by atoms with E-state index in [-0.39, 0.29) is 19.7 Å². The molecule has 122 valence electrons. The number of carbonyl (C=O) groups excluding carboxylic acids is 3. The second-order valence-corrected chi connectivity index (χ2v) is 5.09. The second kappa shape index (κ2) is 7.64. The van der Waals surface area contributed by atoms with E-state index in [2.05, 4.69) is 10.3 Å². The minimum absolute atomic E-state index is 0.0896. The van der Waals surface area contributed by atoms with Crippen molar-refractivity contribution in [3.05, 3.63) is 35.9 Å². The number of hydrogen-bond acceptors (Lipinski definition) is 5. The number of aliphatic hydroxyl groups excluding tert-OH is 1. The highest BCUT2D eigenvalue weighted by atomic mass is 16.3. The largest absolute Gasteiger partial charge is 0.394 e. The van der Waals surface area contributed by atoms with Gasteiger partial charge in [0.2, 0.25) is 11.8 Å². The molecule has 2 N–H and O–H groups in total. The minimum Gasteiger partial charge on any atom is -0.394 e. The molecule has 1 saturated heterocycles. The maximum Gasteiger partial charge on any atom is 0.331 e. The average Bonchev–Trinajstić information content (AvgIpc) is 2.55. The van der Waals surface area contributed by atoms with Crippen LogP contribution in [0.3, 0.4) is 0 Å². The quantitative estimate of drug-likeness (QED) is 0.596. The molecular weight excluding hydrogens is 298 g/mol. The highest BCUT2D eigenvalue weighted by Gasteiger charge is 2.42. The Morgan fingerprint density at radius 2 is 1.96 bits per heavy atom. The van der Waals surface area contributed by atoms with Gasteiger partial charge in [-0.1, -0.05) is 37.3 Å². The molecule has 0 aromatic heterocycles. The number of benzene rings is 1. The average molecular weight is 317 g/mol. The van der Waals surface area contributed by atoms with Crippen molar-refractivity contribution in [3.8, 4) is 0 Å². The molecule has 1 aromatic carbocycles. The van der Waals surface area contributed by atoms with Crippen LogP contribution in [0, 0.1) is 5.92 Å². The van der Waals surface area contributed by atoms with E-state index >= 15 is 0 Å². The number of hydrogen-bond donors (Lipinski definition) is 2. The molecule has 1 atom stereocenters. The van der Waals surface area contributed by atoms with E-state index in [4.69, 9.17) is 5.11 Å². The van der Waals surface area contributed by atoms with Crippen molar-refractivity contribution >= 4 is 23.6 Å². The smallest absolute Gasteiger partial charge is 0.331 e. The van der Waals surface area contributed by atoms with Gasteiger partial charge < -0.3 is 5.11 Å². The van der Waals surface area contributed by atoms with Crippen LogP contribution in [-0.4, -0.2) is 46.7 Å². The van der Waals surface area contributed by atoms with Crippen molar-refractivity contribution in [1.82, 2.24) is 10.2 Å². The van der Waals surface area contributed by atoms with Gasteiger partial charge in [0.15, 0.2) is 5.92 Å². The summed E-state index contributed by atoms with van der Waals surface area (Å²) in [6.45, 7) is 1.81. The van der Waals surface area contributed by atoms with Crippen LogP contribution in [0.4, 0.5) is 4.79 Å². The summed E-state index contributed by atoms with van der Waals surface area (Å²) >= 11 is 0. The Labute approximate surface area is 134 Å². The summed E-state index contributed by atoms with van der Waals surface area (Å²) in [5.74, 6) is -2.36. The maximum atomic E-state index is 12.6. The maximum absolute atomic E-state index is 12.6. The Morgan fingerprint density at radius 3 is 2.57 bits per heavy atom. The van der Waals surface area contributed by atoms with Gasteiger partial charge >= 0.3 is 6.03 Å². The molecule has 0 aliphatic carbocycles. The second-order valence-electron chi connectivity index (χ2n) is 5.09. The third-order valence-electron chi connectivity index (χ3n) is 3.54. The van der Waals surface area contributed by atoms with E-state index in [0.717, 1.165) is 10.5 Å². The van der Waals surface area contributed by atoms with Crippen LogP contribution in [0.2, 0.25) is 0 Å². The summed E-state index contributed by atoms with van der Waals surface area (Å²) in [4.78, 5) is 41.8. The fourth-order valence-corrected chi connectivity index (χ4v) is 2.42. The number of imide groups is 2. The summed E-state index contributed by atoms with van der Waals surface area (Å²) in [5.41, 5.74) is 1.15. The number of carbonyl (C=O) groups is 3. The van der Waals surface area contributed by atoms with Crippen LogP contribution in [0.5, 0.6) is 0 Å². The van der Waals surface area contributed by atoms with Gasteiger partial charge in [-0.2, -0.15) is 0 Å². The molecule has 0 spiro atoms. The van der Waals surface area contributed by atoms with Gasteiger partial charge in [0.25, 0.3) is 0 Å². The van der Waals surface area contributed by atoms with Crippen molar-refractivity contribution < 1.29 is 19.5 Å². The van der Waals surface area contributed by atoms with Gasteiger partial charge in [-0.15, -0.1) is 0 Å². The first-order valence-electron chi connectivity index (χ1n) is 7.42. The van der Waals surface area contributed by atoms with Crippen LogP contribution in [0.15, 0.2) is 35.3 Å². The van der Waals surface area contributed by atoms with Gasteiger partial charge in [0.1, 0.15) is 0 Å². The van der Waals surface area contributed by atoms with Crippen molar-refractivity contribution in [3.63, 3.8) is 0 Å². The van der Waals surface area contributed by atoms with E-state index in [1.807, 2.05) is 18.2 Å². The standard InChI is InChI=1S/C16H19N3O4/c1-2-12(17-8-9-20)13-14(21)18-16(23)19(15(13)22)10-11-6-4-3-5-7-11/h3-7,13,20H,2,8-10H2,1H3,(H,18,21,23). The van der Waals surface area contributed by atoms with Crippen molar-refractivity contribution in [2.24, 2.45) is 10.9 Å². The first-order valence-corrected chi connectivity index (χ1v) is 7.42. The molecule has 1 aromatic rings. The van der Waals surface area contributed by atoms with Crippen LogP contribution in [0.25, 0.3) is 0 Å². The molecule has 1 fully saturated rings. The number of nitrogens with zero attached hydrogens (tertiary/aromatic N) is 2. The molecule has 4 amide bonds. The number of nitrogens with one attached hydrogen (secondary N) is 1. The molecule has 1 aliphatic heterocycles. The first-order chi connectivity index (χ1) is 11.1. The lowest BCUT2D eigenvalue weighted by Crippen LogP contribution is -2.59. The number of amides is 4. The summed E-state index contributed by atoms with van der Waals surface area (Å²) in [7, 11) is 0. The van der Waals surface area contributed by atoms with Crippen LogP contribution in [0.1, 0.15) is 18.9 Å². The summed E-state index contributed by atoms with van der Waals surface area (Å²) in [6, 6.07) is 8.33. The molecular formula is C16H19N3O4. The van der Waals surface area contributed by atoms with Gasteiger partial charge in [-0.05, 0) is 12.0 Å². The number of aliphatic imine (C=N–C) groups is 1. The number of urea groups is 1. The van der Waals surface area contributed by atoms with Crippen molar-refractivity contribution in [1.29, 1.82) is 0 Å². The zero-order valence-electron chi connectivity index (χ0n) is 12.9. The van der Waals surface area contributed by atoms with E-state index < -0.39 is 23.8 Å². The van der Waals surface area contributed by atoms with E-state index in [9.17, 15) is 14.4 Å². The topological polar surface area (TPSA) is 99.1 Å². The predicted molar refractivity (Wildman–Crippen MR) is 83.7 cm³/mol. The number of aliphatic hydroxyl groups is 1. The third kappa shape index (κ3) is 3.81. The van der Waals surface area contributed by atoms with Gasteiger partial charge in [0.05, 0.1) is 19.7 Å². The molecule has 7 nitrogen and oxygen atoms in total. The Balaban J connectivity index is 2.25. The summed E-state index contributed by atoms with van der Waals surface area (Å²) < 4.78 is 0. The molecule has 1 heterocycles. The van der Waals surface area contributed by atoms with Crippen LogP contribution >= 0.6 is 0 Å². The molecule has 0 saturated carbocycles. The number of barbiturate groups is 1. The Hall–Kier alpha value is -2.54. The lowest BCUT2D eigenvalue weighted by Gasteiger charge is -2.30. The highest BCUT2D eigenvalue weighted by Crippen LogP contribution is 2.17. The van der Waals surface area contributed by atoms with Crippen molar-refractivity contribution in [2.75, 3.05) is 13.2 Å². The summed E-state index contributed by atoms with van der Waals surface area (Å²) in [6.07, 6.45) is 0.386. The SMILES string of the molecule is CCC(=NCCO)C1C(=O)NC(=O)N(Cc2ccccc2)C1=O. The normalized spacial score (nSPS) is 19.0. The van der Waals surface area contributed by atoms with Gasteiger partial charge in [-0.3, -0.25) is 24.8 Å². The first kappa shape index (κ1) is 16.8. The van der Waals surface area contributed by atoms with Crippen LogP contribution in [-0.2, 0) is 16.1 Å². The molecule has 2 rings (SSSR count). The highest BCUT2D eigenvalue weighted by molar-refractivity contribution is 6.27. The molecule has 23 heavy (non-hydrogen) atoms. The predicted octanol–water partition coefficient (Wildman–Crippen LogP) is 0.724. The molecule has 0 radical (unpaired) electrons. The van der Waals surface area contributed by atoms with Crippen molar-refractivity contribution in [2.45, 2.75) is 19.9 Å². The van der Waals surface area contributed by atoms with E-state index in [1.165, 1.54) is 0 Å². The lowest BCUT2D eigenvalue weighted by molar-refractivity contribution is -0.139. The lowest BCUT2D eigenvalue weighted by atomic mass is 9.96. The fraction of sp³-hybridized carbons (Fsp3) is 0.375. The summed E-state index contributed by atoms with van der Waals surface area (Å²) in [5, 5.41) is 11.1. The Kier molecular flexibility index (Phi) is 5.59. The molecule has 7 heteroatoms. The van der Waals surface area contributed by atoms with Crippen LogP contribution < -0.4 is 5.32 Å². The molecule has 0 bridgehead atoms. The monoisotopic (exact) mass is 317 g/mol. The van der Waals surface area contributed by atoms with E-state index in [0.29, 0.717) is 12.1 Å². The number of rotatable bonds is 6. The van der Waals surface area contributed by atoms with E-state index in [1.54, 1.807) is 19.1 Å². The molecule has 1 unspecified atom stereocenters. The fourth-order valence-electron chi connectivity index (χ4n) is 2.42. The Morgan fingerprint density at radius 1 is 1.26 bits per heavy atom. The zero-order chi connectivity index (χ0) is 16.8. The third-order valence-corrected chi connectivity index (χ3v) is 3.54. The van der Waals surface area contributed by atoms with Gasteiger partial charge in [-0.25, -0.2) is 4.79 Å². The molecule has 1 aliphatic rings. The zero-order valence-corrected chi connectivity index (χ0v) is 12.9. The van der Waals surface area contributed by atoms with Gasteiger partial charge in [0, 0.05) is 5.71 Å². The Bertz CT molecular complexity index is 627.